The van der Waals surface area contributed by atoms with Crippen molar-refractivity contribution in [2.24, 2.45) is 5.92 Å². The van der Waals surface area contributed by atoms with E-state index in [1.165, 1.54) is 0 Å². The molecule has 0 amide bonds. The first-order valence-electron chi connectivity index (χ1n) is 6.06. The molecule has 4 nitrogen and oxygen atoms in total. The first-order chi connectivity index (χ1) is 8.34. The third-order valence-corrected chi connectivity index (χ3v) is 3.54. The van der Waals surface area contributed by atoms with Crippen LogP contribution >= 0.6 is 0 Å². The number of fused-ring (bicyclic) bond motifs is 1. The Bertz CT molecular complexity index is 426. The Kier molecular flexibility index (Phi) is 2.81. The predicted octanol–water partition coefficient (Wildman–Crippen LogP) is 1.84. The molecule has 4 heteroatoms. The average molecular weight is 233 g/mol. The van der Waals surface area contributed by atoms with Gasteiger partial charge >= 0.3 is 0 Å². The summed E-state index contributed by atoms with van der Waals surface area (Å²) in [6, 6.07) is 1.73. The van der Waals surface area contributed by atoms with E-state index in [1.807, 2.05) is 0 Å². The highest BCUT2D eigenvalue weighted by atomic mass is 16.5. The maximum atomic E-state index is 12.0. The molecular weight excluding hydrogens is 218 g/mol. The van der Waals surface area contributed by atoms with Gasteiger partial charge in [0.15, 0.2) is 5.78 Å². The lowest BCUT2D eigenvalue weighted by Crippen LogP contribution is -2.36. The zero-order valence-corrected chi connectivity index (χ0v) is 9.59. The van der Waals surface area contributed by atoms with Gasteiger partial charge in [-0.25, -0.2) is 0 Å². The molecule has 17 heavy (non-hydrogen) atoms. The van der Waals surface area contributed by atoms with Crippen molar-refractivity contribution in [2.75, 3.05) is 13.2 Å². The van der Waals surface area contributed by atoms with Crippen LogP contribution in [-0.4, -0.2) is 30.1 Å². The molecule has 2 aliphatic heterocycles. The number of hydrogen-bond donors (Lipinski definition) is 0. The van der Waals surface area contributed by atoms with Crippen molar-refractivity contribution in [3.05, 3.63) is 24.0 Å². The quantitative estimate of drug-likeness (QED) is 0.742. The number of ketones is 1. The number of pyridine rings is 1. The van der Waals surface area contributed by atoms with Gasteiger partial charge in [-0.1, -0.05) is 0 Å². The highest BCUT2D eigenvalue weighted by Gasteiger charge is 2.33. The standard InChI is InChI=1S/C13H15NO3/c15-11-7-12(9-2-5-16-6-3-9)17-13-8-14-4-1-10(11)13/h1,4,8-9,12H,2-3,5-7H2. The molecule has 0 saturated carbocycles. The number of ether oxygens (including phenoxy) is 2. The average Bonchev–Trinajstić information content (AvgIpc) is 2.40. The molecule has 3 heterocycles. The lowest BCUT2D eigenvalue weighted by atomic mass is 9.88. The number of hydrogen-bond acceptors (Lipinski definition) is 4. The van der Waals surface area contributed by atoms with Crippen molar-refractivity contribution in [2.45, 2.75) is 25.4 Å². The van der Waals surface area contributed by atoms with Crippen LogP contribution in [-0.2, 0) is 4.74 Å². The molecule has 2 aliphatic rings. The minimum atomic E-state index is 0.00287. The fourth-order valence-electron chi connectivity index (χ4n) is 2.55. The molecule has 1 fully saturated rings. The van der Waals surface area contributed by atoms with Crippen LogP contribution in [0.4, 0.5) is 0 Å². The monoisotopic (exact) mass is 233 g/mol. The van der Waals surface area contributed by atoms with Crippen LogP contribution in [0.1, 0.15) is 29.6 Å². The summed E-state index contributed by atoms with van der Waals surface area (Å²) < 4.78 is 11.2. The summed E-state index contributed by atoms with van der Waals surface area (Å²) >= 11 is 0. The van der Waals surface area contributed by atoms with E-state index in [0.29, 0.717) is 23.7 Å². The molecule has 0 aliphatic carbocycles. The molecule has 1 saturated heterocycles. The topological polar surface area (TPSA) is 48.4 Å². The van der Waals surface area contributed by atoms with Crippen molar-refractivity contribution in [3.63, 3.8) is 0 Å². The molecule has 0 bridgehead atoms. The van der Waals surface area contributed by atoms with Gasteiger partial charge in [-0.05, 0) is 18.9 Å². The minimum absolute atomic E-state index is 0.00287. The van der Waals surface area contributed by atoms with E-state index in [-0.39, 0.29) is 11.9 Å². The van der Waals surface area contributed by atoms with Gasteiger partial charge in [0.05, 0.1) is 11.8 Å². The summed E-state index contributed by atoms with van der Waals surface area (Å²) in [7, 11) is 0. The molecule has 0 radical (unpaired) electrons. The van der Waals surface area contributed by atoms with Crippen LogP contribution in [0.5, 0.6) is 5.75 Å². The van der Waals surface area contributed by atoms with E-state index >= 15 is 0 Å². The Labute approximate surface area is 99.9 Å². The second-order valence-corrected chi connectivity index (χ2v) is 4.61. The van der Waals surface area contributed by atoms with Gasteiger partial charge in [-0.15, -0.1) is 0 Å². The van der Waals surface area contributed by atoms with Gasteiger partial charge in [-0.3, -0.25) is 9.78 Å². The van der Waals surface area contributed by atoms with Gasteiger partial charge in [0.25, 0.3) is 0 Å². The van der Waals surface area contributed by atoms with E-state index < -0.39 is 0 Å². The fourth-order valence-corrected chi connectivity index (χ4v) is 2.55. The van der Waals surface area contributed by atoms with Gasteiger partial charge < -0.3 is 9.47 Å². The van der Waals surface area contributed by atoms with Gasteiger partial charge in [0, 0.05) is 31.7 Å². The molecule has 1 unspecified atom stereocenters. The summed E-state index contributed by atoms with van der Waals surface area (Å²) in [6.07, 6.45) is 5.72. The molecule has 0 N–H and O–H groups in total. The summed E-state index contributed by atoms with van der Waals surface area (Å²) in [6.45, 7) is 1.55. The summed E-state index contributed by atoms with van der Waals surface area (Å²) in [5, 5.41) is 0. The number of rotatable bonds is 1. The number of carbonyl (C=O) groups is 1. The predicted molar refractivity (Wildman–Crippen MR) is 61.1 cm³/mol. The number of carbonyl (C=O) groups excluding carboxylic acids is 1. The summed E-state index contributed by atoms with van der Waals surface area (Å²) in [4.78, 5) is 16.0. The second kappa shape index (κ2) is 4.45. The fraction of sp³-hybridized carbons (Fsp3) is 0.538. The molecule has 1 aromatic heterocycles. The summed E-state index contributed by atoms with van der Waals surface area (Å²) in [5.41, 5.74) is 0.670. The molecule has 0 aromatic carbocycles. The van der Waals surface area contributed by atoms with E-state index in [2.05, 4.69) is 4.98 Å². The highest BCUT2D eigenvalue weighted by Crippen LogP contribution is 2.32. The van der Waals surface area contributed by atoms with Crippen molar-refractivity contribution in [3.8, 4) is 5.75 Å². The molecule has 0 spiro atoms. The van der Waals surface area contributed by atoms with Crippen molar-refractivity contribution < 1.29 is 14.3 Å². The zero-order valence-electron chi connectivity index (χ0n) is 9.59. The van der Waals surface area contributed by atoms with E-state index in [1.54, 1.807) is 18.5 Å². The van der Waals surface area contributed by atoms with Crippen LogP contribution in [0, 0.1) is 5.92 Å². The Morgan fingerprint density at radius 3 is 2.94 bits per heavy atom. The molecule has 90 valence electrons. The SMILES string of the molecule is O=C1CC(C2CCOCC2)Oc2cnccc21. The number of Topliss-reactive ketones (excluding diaryl/α,β-unsaturated/α-hetero) is 1. The van der Waals surface area contributed by atoms with Crippen LogP contribution < -0.4 is 4.74 Å². The Balaban J connectivity index is 1.80. The third kappa shape index (κ3) is 2.05. The van der Waals surface area contributed by atoms with Gasteiger partial charge in [0.2, 0.25) is 0 Å². The Morgan fingerprint density at radius 2 is 2.12 bits per heavy atom. The highest BCUT2D eigenvalue weighted by molar-refractivity contribution is 5.99. The normalized spacial score (nSPS) is 25.2. The lowest BCUT2D eigenvalue weighted by Gasteiger charge is -2.33. The van der Waals surface area contributed by atoms with Crippen molar-refractivity contribution >= 4 is 5.78 Å². The van der Waals surface area contributed by atoms with Gasteiger partial charge in [-0.2, -0.15) is 0 Å². The lowest BCUT2D eigenvalue weighted by molar-refractivity contribution is 0.0118. The van der Waals surface area contributed by atoms with Crippen LogP contribution in [0.3, 0.4) is 0 Å². The number of aromatic nitrogens is 1. The molecule has 1 atom stereocenters. The van der Waals surface area contributed by atoms with Gasteiger partial charge in [0.1, 0.15) is 11.9 Å². The number of nitrogens with zero attached hydrogens (tertiary/aromatic N) is 1. The largest absolute Gasteiger partial charge is 0.487 e. The molecule has 3 rings (SSSR count). The zero-order chi connectivity index (χ0) is 11.7. The van der Waals surface area contributed by atoms with E-state index in [4.69, 9.17) is 9.47 Å². The first kappa shape index (κ1) is 10.7. The molecule has 1 aromatic rings. The minimum Gasteiger partial charge on any atom is -0.487 e. The van der Waals surface area contributed by atoms with E-state index in [0.717, 1.165) is 26.1 Å². The first-order valence-corrected chi connectivity index (χ1v) is 6.06. The van der Waals surface area contributed by atoms with Crippen molar-refractivity contribution in [1.29, 1.82) is 0 Å². The summed E-state index contributed by atoms with van der Waals surface area (Å²) in [5.74, 6) is 1.24. The van der Waals surface area contributed by atoms with Crippen LogP contribution in [0.15, 0.2) is 18.5 Å². The van der Waals surface area contributed by atoms with Crippen LogP contribution in [0.25, 0.3) is 0 Å². The maximum absolute atomic E-state index is 12.0. The second-order valence-electron chi connectivity index (χ2n) is 4.61. The van der Waals surface area contributed by atoms with Crippen molar-refractivity contribution in [1.82, 2.24) is 4.98 Å². The third-order valence-electron chi connectivity index (χ3n) is 3.54. The Morgan fingerprint density at radius 1 is 1.29 bits per heavy atom. The molecular formula is C13H15NO3. The van der Waals surface area contributed by atoms with E-state index in [9.17, 15) is 4.79 Å². The van der Waals surface area contributed by atoms with Crippen LogP contribution in [0.2, 0.25) is 0 Å². The Hall–Kier alpha value is -1.42. The maximum Gasteiger partial charge on any atom is 0.170 e. The smallest absolute Gasteiger partial charge is 0.170 e.